The number of nitrogens with zero attached hydrogens (tertiary/aromatic N) is 2. The average Bonchev–Trinajstić information content (AvgIpc) is 2.73. The Balaban J connectivity index is 1.96. The first kappa shape index (κ1) is 14.6. The lowest BCUT2D eigenvalue weighted by Gasteiger charge is -2.08. The smallest absolute Gasteiger partial charge is 0.213 e. The summed E-state index contributed by atoms with van der Waals surface area (Å²) in [5, 5.41) is 3.48. The zero-order valence-electron chi connectivity index (χ0n) is 12.7. The molecule has 2 heterocycles. The molecule has 1 N–H and O–H groups in total. The van der Waals surface area contributed by atoms with Crippen molar-refractivity contribution in [2.45, 2.75) is 40.4 Å². The maximum atomic E-state index is 5.13. The Morgan fingerprint density at radius 3 is 2.70 bits per heavy atom. The third-order valence-corrected chi connectivity index (χ3v) is 3.65. The number of hydrogen-bond donors (Lipinski definition) is 1. The van der Waals surface area contributed by atoms with Gasteiger partial charge in [-0.1, -0.05) is 0 Å². The molecule has 0 saturated carbocycles. The second-order valence-electron chi connectivity index (χ2n) is 4.95. The number of nitrogens with one attached hydrogen (secondary N) is 1. The SMILES string of the molecule is CCn1c(C)cc(CNCc2ccnc(OC)c2)c1C. The van der Waals surface area contributed by atoms with Gasteiger partial charge in [-0.2, -0.15) is 0 Å². The topological polar surface area (TPSA) is 39.1 Å². The number of rotatable bonds is 6. The molecule has 0 aliphatic heterocycles. The van der Waals surface area contributed by atoms with Gasteiger partial charge in [-0.05, 0) is 44.0 Å². The highest BCUT2D eigenvalue weighted by atomic mass is 16.5. The van der Waals surface area contributed by atoms with Crippen LogP contribution in [-0.4, -0.2) is 16.7 Å². The predicted octanol–water partition coefficient (Wildman–Crippen LogP) is 2.82. The van der Waals surface area contributed by atoms with Crippen LogP contribution in [0.25, 0.3) is 0 Å². The van der Waals surface area contributed by atoms with E-state index in [4.69, 9.17) is 4.74 Å². The molecule has 0 aliphatic carbocycles. The summed E-state index contributed by atoms with van der Waals surface area (Å²) in [5.41, 5.74) is 5.23. The van der Waals surface area contributed by atoms with E-state index in [1.165, 1.54) is 22.5 Å². The number of methoxy groups -OCH3 is 1. The summed E-state index contributed by atoms with van der Waals surface area (Å²) >= 11 is 0. The van der Waals surface area contributed by atoms with Crippen LogP contribution in [0.1, 0.15) is 29.4 Å². The normalized spacial score (nSPS) is 10.8. The highest BCUT2D eigenvalue weighted by molar-refractivity contribution is 5.27. The molecule has 2 aromatic rings. The number of aromatic nitrogens is 2. The van der Waals surface area contributed by atoms with Gasteiger partial charge in [-0.25, -0.2) is 4.98 Å². The van der Waals surface area contributed by atoms with E-state index in [0.29, 0.717) is 5.88 Å². The summed E-state index contributed by atoms with van der Waals surface area (Å²) in [6, 6.07) is 6.23. The summed E-state index contributed by atoms with van der Waals surface area (Å²) in [5.74, 6) is 0.661. The van der Waals surface area contributed by atoms with E-state index < -0.39 is 0 Å². The molecule has 0 aliphatic rings. The van der Waals surface area contributed by atoms with E-state index in [0.717, 1.165) is 19.6 Å². The minimum absolute atomic E-state index is 0.661. The predicted molar refractivity (Wildman–Crippen MR) is 80.9 cm³/mol. The molecule has 2 rings (SSSR count). The van der Waals surface area contributed by atoms with Crippen molar-refractivity contribution in [2.75, 3.05) is 7.11 Å². The molecule has 0 fully saturated rings. The van der Waals surface area contributed by atoms with Gasteiger partial charge in [0.15, 0.2) is 0 Å². The van der Waals surface area contributed by atoms with Gasteiger partial charge in [-0.3, -0.25) is 0 Å². The molecule has 0 amide bonds. The Morgan fingerprint density at radius 2 is 2.05 bits per heavy atom. The van der Waals surface area contributed by atoms with Crippen LogP contribution in [0.4, 0.5) is 0 Å². The van der Waals surface area contributed by atoms with Crippen LogP contribution >= 0.6 is 0 Å². The number of ether oxygens (including phenoxy) is 1. The Kier molecular flexibility index (Phi) is 4.79. The lowest BCUT2D eigenvalue weighted by Crippen LogP contribution is -2.13. The fourth-order valence-electron chi connectivity index (χ4n) is 2.55. The van der Waals surface area contributed by atoms with E-state index in [1.807, 2.05) is 12.1 Å². The molecule has 4 nitrogen and oxygen atoms in total. The number of pyridine rings is 1. The quantitative estimate of drug-likeness (QED) is 0.879. The minimum Gasteiger partial charge on any atom is -0.481 e. The average molecular weight is 273 g/mol. The lowest BCUT2D eigenvalue weighted by molar-refractivity contribution is 0.397. The molecule has 0 saturated heterocycles. The molecular weight excluding hydrogens is 250 g/mol. The van der Waals surface area contributed by atoms with E-state index in [-0.39, 0.29) is 0 Å². The second kappa shape index (κ2) is 6.57. The highest BCUT2D eigenvalue weighted by Gasteiger charge is 2.07. The molecule has 4 heteroatoms. The molecule has 20 heavy (non-hydrogen) atoms. The zero-order chi connectivity index (χ0) is 14.5. The van der Waals surface area contributed by atoms with Crippen LogP contribution < -0.4 is 10.1 Å². The Labute approximate surface area is 120 Å². The van der Waals surface area contributed by atoms with Crippen LogP contribution in [-0.2, 0) is 19.6 Å². The largest absolute Gasteiger partial charge is 0.481 e. The van der Waals surface area contributed by atoms with Crippen LogP contribution in [0, 0.1) is 13.8 Å². The fourth-order valence-corrected chi connectivity index (χ4v) is 2.55. The standard InChI is InChI=1S/C16H23N3O/c1-5-19-12(2)8-15(13(19)3)11-17-10-14-6-7-18-16(9-14)20-4/h6-9,17H,5,10-11H2,1-4H3. The van der Waals surface area contributed by atoms with Crippen LogP contribution in [0.3, 0.4) is 0 Å². The Hall–Kier alpha value is -1.81. The van der Waals surface area contributed by atoms with Crippen LogP contribution in [0.5, 0.6) is 5.88 Å². The maximum Gasteiger partial charge on any atom is 0.213 e. The summed E-state index contributed by atoms with van der Waals surface area (Å²) in [7, 11) is 1.64. The molecule has 108 valence electrons. The van der Waals surface area contributed by atoms with E-state index in [2.05, 4.69) is 41.7 Å². The van der Waals surface area contributed by atoms with Gasteiger partial charge < -0.3 is 14.6 Å². The van der Waals surface area contributed by atoms with Gasteiger partial charge in [0.2, 0.25) is 5.88 Å². The molecule has 0 unspecified atom stereocenters. The van der Waals surface area contributed by atoms with Gasteiger partial charge >= 0.3 is 0 Å². The van der Waals surface area contributed by atoms with Gasteiger partial charge in [0.25, 0.3) is 0 Å². The second-order valence-corrected chi connectivity index (χ2v) is 4.95. The molecule has 2 aromatic heterocycles. The minimum atomic E-state index is 0.661. The van der Waals surface area contributed by atoms with Crippen molar-refractivity contribution in [1.82, 2.24) is 14.9 Å². The van der Waals surface area contributed by atoms with Gasteiger partial charge in [0.1, 0.15) is 0 Å². The summed E-state index contributed by atoms with van der Waals surface area (Å²) in [6.07, 6.45) is 1.78. The molecule has 0 spiro atoms. The van der Waals surface area contributed by atoms with Gasteiger partial charge in [0, 0.05) is 43.3 Å². The fraction of sp³-hybridized carbons (Fsp3) is 0.438. The van der Waals surface area contributed by atoms with Crippen molar-refractivity contribution in [2.24, 2.45) is 0 Å². The van der Waals surface area contributed by atoms with E-state index in [1.54, 1.807) is 13.3 Å². The zero-order valence-corrected chi connectivity index (χ0v) is 12.7. The maximum absolute atomic E-state index is 5.13. The van der Waals surface area contributed by atoms with Crippen molar-refractivity contribution < 1.29 is 4.74 Å². The van der Waals surface area contributed by atoms with Crippen molar-refractivity contribution in [3.63, 3.8) is 0 Å². The van der Waals surface area contributed by atoms with Crippen molar-refractivity contribution in [1.29, 1.82) is 0 Å². The van der Waals surface area contributed by atoms with E-state index in [9.17, 15) is 0 Å². The Bertz CT molecular complexity index is 575. The number of hydrogen-bond acceptors (Lipinski definition) is 3. The third-order valence-electron chi connectivity index (χ3n) is 3.65. The lowest BCUT2D eigenvalue weighted by atomic mass is 10.2. The van der Waals surface area contributed by atoms with Gasteiger partial charge in [0.05, 0.1) is 7.11 Å². The molecule has 0 atom stereocenters. The van der Waals surface area contributed by atoms with E-state index >= 15 is 0 Å². The summed E-state index contributed by atoms with van der Waals surface area (Å²) in [4.78, 5) is 4.11. The molecule has 0 radical (unpaired) electrons. The highest BCUT2D eigenvalue weighted by Crippen LogP contribution is 2.15. The molecular formula is C16H23N3O. The monoisotopic (exact) mass is 273 g/mol. The summed E-state index contributed by atoms with van der Waals surface area (Å²) < 4.78 is 7.47. The molecule has 0 aromatic carbocycles. The van der Waals surface area contributed by atoms with Gasteiger partial charge in [-0.15, -0.1) is 0 Å². The first-order valence-electron chi connectivity index (χ1n) is 7.01. The first-order valence-corrected chi connectivity index (χ1v) is 7.01. The van der Waals surface area contributed by atoms with Crippen LogP contribution in [0.15, 0.2) is 24.4 Å². The number of aryl methyl sites for hydroxylation is 1. The van der Waals surface area contributed by atoms with Crippen LogP contribution in [0.2, 0.25) is 0 Å². The molecule has 0 bridgehead atoms. The van der Waals surface area contributed by atoms with Crippen molar-refractivity contribution >= 4 is 0 Å². The third kappa shape index (κ3) is 3.20. The summed E-state index contributed by atoms with van der Waals surface area (Å²) in [6.45, 7) is 9.25. The first-order chi connectivity index (χ1) is 9.65. The Morgan fingerprint density at radius 1 is 1.25 bits per heavy atom. The van der Waals surface area contributed by atoms with Crippen molar-refractivity contribution in [3.05, 3.63) is 46.9 Å². The van der Waals surface area contributed by atoms with Crippen molar-refractivity contribution in [3.8, 4) is 5.88 Å².